The summed E-state index contributed by atoms with van der Waals surface area (Å²) >= 11 is 0. The molecule has 2 aromatic carbocycles. The zero-order valence-corrected chi connectivity index (χ0v) is 17.9. The van der Waals surface area contributed by atoms with Crippen LogP contribution in [0.5, 0.6) is 0 Å². The van der Waals surface area contributed by atoms with Gasteiger partial charge in [-0.3, -0.25) is 4.79 Å². The first-order valence-corrected chi connectivity index (χ1v) is 11.1. The zero-order chi connectivity index (χ0) is 21.7. The number of rotatable bonds is 8. The van der Waals surface area contributed by atoms with Gasteiger partial charge in [0.1, 0.15) is 0 Å². The van der Waals surface area contributed by atoms with Gasteiger partial charge in [0.15, 0.2) is 5.82 Å². The van der Waals surface area contributed by atoms with Gasteiger partial charge in [0.25, 0.3) is 11.8 Å². The van der Waals surface area contributed by atoms with E-state index in [1.807, 2.05) is 12.1 Å². The predicted octanol–water partition coefficient (Wildman–Crippen LogP) is 2.80. The van der Waals surface area contributed by atoms with Gasteiger partial charge < -0.3 is 9.84 Å². The third-order valence-corrected chi connectivity index (χ3v) is 5.76. The van der Waals surface area contributed by atoms with Crippen molar-refractivity contribution < 1.29 is 17.7 Å². The molecule has 0 saturated carbocycles. The first-order valence-electron chi connectivity index (χ1n) is 9.49. The van der Waals surface area contributed by atoms with Crippen LogP contribution in [0.2, 0.25) is 0 Å². The second-order valence-electron chi connectivity index (χ2n) is 7.21. The summed E-state index contributed by atoms with van der Waals surface area (Å²) in [5, 5.41) is 6.59. The second kappa shape index (κ2) is 9.19. The molecule has 0 spiro atoms. The topological polar surface area (TPSA) is 114 Å². The van der Waals surface area contributed by atoms with E-state index < -0.39 is 10.0 Å². The molecule has 1 amide bonds. The average Bonchev–Trinajstić information content (AvgIpc) is 3.12. The van der Waals surface area contributed by atoms with Crippen LogP contribution in [0.3, 0.4) is 0 Å². The Bertz CT molecular complexity index is 1120. The molecule has 0 radical (unpaired) electrons. The van der Waals surface area contributed by atoms with Crippen molar-refractivity contribution in [2.45, 2.75) is 39.1 Å². The molecule has 0 unspecified atom stereocenters. The van der Waals surface area contributed by atoms with Gasteiger partial charge in [-0.2, -0.15) is 4.98 Å². The zero-order valence-electron chi connectivity index (χ0n) is 17.0. The average molecular weight is 429 g/mol. The van der Waals surface area contributed by atoms with Crippen molar-refractivity contribution in [3.8, 4) is 11.5 Å². The second-order valence-corrected chi connectivity index (χ2v) is 8.96. The molecule has 0 atom stereocenters. The molecule has 2 N–H and O–H groups in total. The maximum absolute atomic E-state index is 12.5. The van der Waals surface area contributed by atoms with Crippen LogP contribution in [0.15, 0.2) is 53.1 Å². The number of nitrogens with one attached hydrogen (secondary N) is 2. The van der Waals surface area contributed by atoms with Crippen molar-refractivity contribution in [3.05, 3.63) is 71.0 Å². The van der Waals surface area contributed by atoms with Crippen LogP contribution in [0.4, 0.5) is 0 Å². The number of carbonyl (C=O) groups excluding carboxylic acids is 1. The first-order chi connectivity index (χ1) is 14.2. The minimum atomic E-state index is -3.46. The van der Waals surface area contributed by atoms with E-state index in [0.29, 0.717) is 22.8 Å². The molecule has 3 aromatic rings. The summed E-state index contributed by atoms with van der Waals surface area (Å²) in [6, 6.07) is 13.8. The summed E-state index contributed by atoms with van der Waals surface area (Å²) in [5.74, 6) is 0.525. The third-order valence-electron chi connectivity index (χ3n) is 4.24. The highest BCUT2D eigenvalue weighted by Gasteiger charge is 2.16. The molecule has 0 fully saturated rings. The molecule has 9 heteroatoms. The van der Waals surface area contributed by atoms with Crippen LogP contribution in [-0.4, -0.2) is 30.5 Å². The summed E-state index contributed by atoms with van der Waals surface area (Å²) < 4.78 is 32.2. The highest BCUT2D eigenvalue weighted by Crippen LogP contribution is 2.18. The summed E-state index contributed by atoms with van der Waals surface area (Å²) in [5.41, 5.74) is 2.59. The molecule has 0 saturated heterocycles. The molecule has 1 heterocycles. The van der Waals surface area contributed by atoms with Crippen LogP contribution < -0.4 is 10.0 Å². The summed E-state index contributed by atoms with van der Waals surface area (Å²) in [7, 11) is -3.46. The molecule has 0 bridgehead atoms. The van der Waals surface area contributed by atoms with Crippen molar-refractivity contribution in [1.82, 2.24) is 20.2 Å². The van der Waals surface area contributed by atoms with Gasteiger partial charge in [-0.15, -0.1) is 0 Å². The van der Waals surface area contributed by atoms with Crippen molar-refractivity contribution in [2.75, 3.05) is 0 Å². The van der Waals surface area contributed by atoms with Gasteiger partial charge in [0.05, 0.1) is 5.75 Å². The van der Waals surface area contributed by atoms with Crippen molar-refractivity contribution in [1.29, 1.82) is 0 Å². The Labute approximate surface area is 175 Å². The van der Waals surface area contributed by atoms with Gasteiger partial charge in [-0.05, 0) is 56.2 Å². The standard InChI is InChI=1S/C21H24N4O4S/c1-14(2)25-30(27,28)13-19-7-5-4-6-18(19)12-22-20(26)16-8-10-17(11-9-16)21-23-15(3)24-29-21/h4-11,14,25H,12-13H2,1-3H3,(H,22,26). The molecule has 1 aromatic heterocycles. The normalized spacial score (nSPS) is 11.6. The van der Waals surface area contributed by atoms with Gasteiger partial charge in [-0.1, -0.05) is 29.4 Å². The Morgan fingerprint density at radius 1 is 1.07 bits per heavy atom. The molecular formula is C21H24N4O4S. The van der Waals surface area contributed by atoms with E-state index in [0.717, 1.165) is 11.1 Å². The summed E-state index contributed by atoms with van der Waals surface area (Å²) in [4.78, 5) is 16.7. The lowest BCUT2D eigenvalue weighted by atomic mass is 10.1. The van der Waals surface area contributed by atoms with Crippen molar-refractivity contribution in [3.63, 3.8) is 0 Å². The lowest BCUT2D eigenvalue weighted by Gasteiger charge is -2.13. The molecule has 0 aliphatic carbocycles. The number of aromatic nitrogens is 2. The van der Waals surface area contributed by atoms with Crippen LogP contribution >= 0.6 is 0 Å². The fraction of sp³-hybridized carbons (Fsp3) is 0.286. The minimum Gasteiger partial charge on any atom is -0.348 e. The Balaban J connectivity index is 1.66. The Kier molecular flexibility index (Phi) is 6.63. The Morgan fingerprint density at radius 3 is 2.33 bits per heavy atom. The van der Waals surface area contributed by atoms with E-state index in [1.54, 1.807) is 57.2 Å². The Morgan fingerprint density at radius 2 is 1.73 bits per heavy atom. The fourth-order valence-corrected chi connectivity index (χ4v) is 4.42. The summed E-state index contributed by atoms with van der Waals surface area (Å²) in [6.07, 6.45) is 0. The third kappa shape index (κ3) is 5.74. The van der Waals surface area contributed by atoms with Crippen LogP contribution in [0.1, 0.15) is 41.2 Å². The van der Waals surface area contributed by atoms with Gasteiger partial charge in [0.2, 0.25) is 10.0 Å². The van der Waals surface area contributed by atoms with Crippen molar-refractivity contribution in [2.24, 2.45) is 0 Å². The van der Waals surface area contributed by atoms with E-state index in [-0.39, 0.29) is 24.2 Å². The van der Waals surface area contributed by atoms with Gasteiger partial charge >= 0.3 is 0 Å². The molecule has 30 heavy (non-hydrogen) atoms. The highest BCUT2D eigenvalue weighted by atomic mass is 32.2. The number of benzene rings is 2. The van der Waals surface area contributed by atoms with E-state index in [4.69, 9.17) is 4.52 Å². The van der Waals surface area contributed by atoms with Crippen LogP contribution in [0.25, 0.3) is 11.5 Å². The number of sulfonamides is 1. The van der Waals surface area contributed by atoms with Crippen LogP contribution in [0, 0.1) is 6.92 Å². The molecular weight excluding hydrogens is 404 g/mol. The molecule has 8 nitrogen and oxygen atoms in total. The van der Waals surface area contributed by atoms with E-state index in [1.165, 1.54) is 0 Å². The molecule has 158 valence electrons. The van der Waals surface area contributed by atoms with Crippen molar-refractivity contribution >= 4 is 15.9 Å². The lowest BCUT2D eigenvalue weighted by Crippen LogP contribution is -2.31. The Hall–Kier alpha value is -3.04. The quantitative estimate of drug-likeness (QED) is 0.570. The molecule has 3 rings (SSSR count). The number of carbonyl (C=O) groups is 1. The minimum absolute atomic E-state index is 0.143. The number of hydrogen-bond donors (Lipinski definition) is 2. The smallest absolute Gasteiger partial charge is 0.257 e. The van der Waals surface area contributed by atoms with E-state index in [9.17, 15) is 13.2 Å². The largest absolute Gasteiger partial charge is 0.348 e. The maximum atomic E-state index is 12.5. The predicted molar refractivity (Wildman–Crippen MR) is 113 cm³/mol. The number of hydrogen-bond acceptors (Lipinski definition) is 6. The monoisotopic (exact) mass is 428 g/mol. The van der Waals surface area contributed by atoms with Gasteiger partial charge in [-0.25, -0.2) is 13.1 Å². The van der Waals surface area contributed by atoms with Gasteiger partial charge in [0, 0.05) is 23.7 Å². The molecule has 0 aliphatic heterocycles. The van der Waals surface area contributed by atoms with E-state index in [2.05, 4.69) is 20.2 Å². The fourth-order valence-electron chi connectivity index (χ4n) is 2.93. The SMILES string of the molecule is Cc1noc(-c2ccc(C(=O)NCc3ccccc3CS(=O)(=O)NC(C)C)cc2)n1. The highest BCUT2D eigenvalue weighted by molar-refractivity contribution is 7.88. The summed E-state index contributed by atoms with van der Waals surface area (Å²) in [6.45, 7) is 5.50. The number of nitrogens with zero attached hydrogens (tertiary/aromatic N) is 2. The first kappa shape index (κ1) is 21.7. The maximum Gasteiger partial charge on any atom is 0.257 e. The number of amides is 1. The number of aryl methyl sites for hydroxylation is 1. The van der Waals surface area contributed by atoms with E-state index >= 15 is 0 Å². The lowest BCUT2D eigenvalue weighted by molar-refractivity contribution is 0.0951. The molecule has 0 aliphatic rings. The van der Waals surface area contributed by atoms with Crippen LogP contribution in [-0.2, 0) is 22.3 Å².